The molecular formula is C14H16N2O6S. The lowest BCUT2D eigenvalue weighted by atomic mass is 10.2. The number of benzene rings is 1. The van der Waals surface area contributed by atoms with E-state index >= 15 is 0 Å². The summed E-state index contributed by atoms with van der Waals surface area (Å²) in [5.74, 6) is 0.171. The lowest BCUT2D eigenvalue weighted by Gasteiger charge is -2.12. The molecule has 0 atom stereocenters. The van der Waals surface area contributed by atoms with Gasteiger partial charge in [-0.3, -0.25) is 9.36 Å². The molecule has 1 heterocycles. The van der Waals surface area contributed by atoms with E-state index in [-0.39, 0.29) is 11.5 Å². The molecule has 0 aliphatic rings. The molecule has 9 heteroatoms. The van der Waals surface area contributed by atoms with Gasteiger partial charge in [-0.15, -0.1) is 0 Å². The van der Waals surface area contributed by atoms with Gasteiger partial charge in [0.05, 0.1) is 7.11 Å². The van der Waals surface area contributed by atoms with Gasteiger partial charge in [0.15, 0.2) is 16.4 Å². The van der Waals surface area contributed by atoms with Crippen LogP contribution in [0.25, 0.3) is 0 Å². The Morgan fingerprint density at radius 2 is 1.74 bits per heavy atom. The molecule has 0 N–H and O–H groups in total. The van der Waals surface area contributed by atoms with Gasteiger partial charge in [0.25, 0.3) is 5.56 Å². The molecule has 0 aliphatic heterocycles. The van der Waals surface area contributed by atoms with Crippen LogP contribution in [0.4, 0.5) is 0 Å². The molecular weight excluding hydrogens is 324 g/mol. The van der Waals surface area contributed by atoms with Crippen LogP contribution in [0.2, 0.25) is 0 Å². The number of aryl methyl sites for hydroxylation is 2. The zero-order chi connectivity index (χ0) is 17.4. The summed E-state index contributed by atoms with van der Waals surface area (Å²) in [6.07, 6.45) is 0.931. The predicted octanol–water partition coefficient (Wildman–Crippen LogP) is 0.169. The molecule has 8 nitrogen and oxygen atoms in total. The first kappa shape index (κ1) is 16.8. The molecule has 124 valence electrons. The largest absolute Gasteiger partial charge is 0.493 e. The highest BCUT2D eigenvalue weighted by Crippen LogP contribution is 2.29. The maximum absolute atomic E-state index is 12.4. The van der Waals surface area contributed by atoms with Crippen LogP contribution in [-0.2, 0) is 24.2 Å². The number of hydrogen-bond acceptors (Lipinski definition) is 6. The van der Waals surface area contributed by atoms with Gasteiger partial charge in [0.2, 0.25) is 0 Å². The van der Waals surface area contributed by atoms with Gasteiger partial charge in [-0.05, 0) is 24.6 Å². The number of nitrogens with zero attached hydrogens (tertiary/aromatic N) is 2. The fraction of sp³-hybridized carbons (Fsp3) is 0.286. The molecule has 0 bridgehead atoms. The maximum atomic E-state index is 12.4. The van der Waals surface area contributed by atoms with E-state index in [2.05, 4.69) is 0 Å². The Labute approximate surface area is 132 Å². The lowest BCUT2D eigenvalue weighted by Crippen LogP contribution is -2.39. The van der Waals surface area contributed by atoms with Crippen LogP contribution in [-0.4, -0.2) is 24.7 Å². The van der Waals surface area contributed by atoms with Gasteiger partial charge in [-0.25, -0.2) is 4.79 Å². The zero-order valence-corrected chi connectivity index (χ0v) is 13.9. The summed E-state index contributed by atoms with van der Waals surface area (Å²) >= 11 is 0. The molecule has 0 saturated heterocycles. The molecule has 0 aliphatic carbocycles. The lowest BCUT2D eigenvalue weighted by molar-refractivity contribution is 0.389. The smallest absolute Gasteiger partial charge is 0.346 e. The van der Waals surface area contributed by atoms with E-state index in [0.717, 1.165) is 16.3 Å². The molecule has 0 saturated carbocycles. The third-order valence-electron chi connectivity index (χ3n) is 3.20. The monoisotopic (exact) mass is 340 g/mol. The summed E-state index contributed by atoms with van der Waals surface area (Å²) in [5.41, 5.74) is -0.745. The van der Waals surface area contributed by atoms with Crippen LogP contribution >= 0.6 is 0 Å². The second-order valence-corrected chi connectivity index (χ2v) is 6.46. The number of ether oxygens (including phenoxy) is 1. The minimum absolute atomic E-state index is 0.0472. The van der Waals surface area contributed by atoms with E-state index in [1.807, 2.05) is 6.92 Å². The normalized spacial score (nSPS) is 11.3. The van der Waals surface area contributed by atoms with Crippen molar-refractivity contribution < 1.29 is 17.3 Å². The number of aromatic nitrogens is 2. The Bertz CT molecular complexity index is 972. The van der Waals surface area contributed by atoms with Gasteiger partial charge in [0, 0.05) is 20.3 Å². The van der Waals surface area contributed by atoms with E-state index in [1.165, 1.54) is 27.3 Å². The van der Waals surface area contributed by atoms with E-state index in [0.29, 0.717) is 4.57 Å². The highest BCUT2D eigenvalue weighted by atomic mass is 32.2. The predicted molar refractivity (Wildman–Crippen MR) is 82.5 cm³/mol. The second-order valence-electron chi connectivity index (χ2n) is 4.94. The van der Waals surface area contributed by atoms with Gasteiger partial charge in [-0.1, -0.05) is 6.07 Å². The van der Waals surface area contributed by atoms with Gasteiger partial charge < -0.3 is 13.5 Å². The first-order valence-electron chi connectivity index (χ1n) is 6.53. The fourth-order valence-electron chi connectivity index (χ4n) is 1.95. The summed E-state index contributed by atoms with van der Waals surface area (Å²) in [7, 11) is -0.519. The average Bonchev–Trinajstić information content (AvgIpc) is 2.50. The van der Waals surface area contributed by atoms with Crippen LogP contribution in [0.1, 0.15) is 5.56 Å². The minimum Gasteiger partial charge on any atom is -0.493 e. The Kier molecular flexibility index (Phi) is 4.33. The molecule has 0 spiro atoms. The molecule has 0 amide bonds. The first-order chi connectivity index (χ1) is 10.7. The van der Waals surface area contributed by atoms with E-state index in [9.17, 15) is 18.0 Å². The molecule has 23 heavy (non-hydrogen) atoms. The zero-order valence-electron chi connectivity index (χ0n) is 13.1. The van der Waals surface area contributed by atoms with Crippen molar-refractivity contribution in [1.29, 1.82) is 0 Å². The summed E-state index contributed by atoms with van der Waals surface area (Å²) < 4.78 is 36.5. The molecule has 0 fully saturated rings. The van der Waals surface area contributed by atoms with Crippen LogP contribution in [0, 0.1) is 6.92 Å². The minimum atomic E-state index is -4.42. The quantitative estimate of drug-likeness (QED) is 0.736. The molecule has 1 aromatic carbocycles. The number of hydrogen-bond donors (Lipinski definition) is 0. The Morgan fingerprint density at radius 1 is 1.09 bits per heavy atom. The van der Waals surface area contributed by atoms with E-state index in [1.54, 1.807) is 12.1 Å². The highest BCUT2D eigenvalue weighted by Gasteiger charge is 2.25. The fourth-order valence-corrected chi connectivity index (χ4v) is 3.06. The summed E-state index contributed by atoms with van der Waals surface area (Å²) in [4.78, 5) is 23.0. The van der Waals surface area contributed by atoms with Crippen molar-refractivity contribution >= 4 is 10.1 Å². The van der Waals surface area contributed by atoms with Crippen molar-refractivity contribution in [3.05, 3.63) is 50.8 Å². The van der Waals surface area contributed by atoms with Gasteiger partial charge >= 0.3 is 15.8 Å². The topological polar surface area (TPSA) is 96.6 Å². The first-order valence-corrected chi connectivity index (χ1v) is 7.94. The number of rotatable bonds is 4. The van der Waals surface area contributed by atoms with Crippen LogP contribution in [0.5, 0.6) is 11.5 Å². The SMILES string of the molecule is COc1cc(C)ccc1OS(=O)(=O)c1cn(C)c(=O)n(C)c1=O. The van der Waals surface area contributed by atoms with Crippen LogP contribution < -0.4 is 20.2 Å². The highest BCUT2D eigenvalue weighted by molar-refractivity contribution is 7.87. The van der Waals surface area contributed by atoms with Crippen molar-refractivity contribution in [2.24, 2.45) is 14.1 Å². The molecule has 2 rings (SSSR count). The van der Waals surface area contributed by atoms with Crippen LogP contribution in [0.3, 0.4) is 0 Å². The van der Waals surface area contributed by atoms with Crippen molar-refractivity contribution in [3.8, 4) is 11.5 Å². The third-order valence-corrected chi connectivity index (χ3v) is 4.42. The molecule has 0 radical (unpaired) electrons. The maximum Gasteiger partial charge on any atom is 0.346 e. The Balaban J connectivity index is 2.57. The summed E-state index contributed by atoms with van der Waals surface area (Å²) in [5, 5.41) is 0. The molecule has 2 aromatic rings. The standard InChI is InChI=1S/C14H16N2O6S/c1-9-5-6-10(11(7-9)21-4)22-23(19,20)12-8-15(2)14(18)16(3)13(12)17/h5-8H,1-4H3. The molecule has 1 aromatic heterocycles. The molecule has 0 unspecified atom stereocenters. The second kappa shape index (κ2) is 5.92. The van der Waals surface area contributed by atoms with Gasteiger partial charge in [-0.2, -0.15) is 8.42 Å². The number of methoxy groups -OCH3 is 1. The van der Waals surface area contributed by atoms with E-state index < -0.39 is 26.3 Å². The summed E-state index contributed by atoms with van der Waals surface area (Å²) in [6.45, 7) is 1.81. The van der Waals surface area contributed by atoms with E-state index in [4.69, 9.17) is 8.92 Å². The van der Waals surface area contributed by atoms with Crippen LogP contribution in [0.15, 0.2) is 38.9 Å². The summed E-state index contributed by atoms with van der Waals surface area (Å²) in [6, 6.07) is 4.67. The van der Waals surface area contributed by atoms with Crippen molar-refractivity contribution in [3.63, 3.8) is 0 Å². The van der Waals surface area contributed by atoms with Gasteiger partial charge in [0.1, 0.15) is 0 Å². The third kappa shape index (κ3) is 3.14. The van der Waals surface area contributed by atoms with Crippen molar-refractivity contribution in [2.45, 2.75) is 11.8 Å². The average molecular weight is 340 g/mol. The Morgan fingerprint density at radius 3 is 2.35 bits per heavy atom. The van der Waals surface area contributed by atoms with Crippen molar-refractivity contribution in [2.75, 3.05) is 7.11 Å². The van der Waals surface area contributed by atoms with Crippen molar-refractivity contribution in [1.82, 2.24) is 9.13 Å². The Hall–Kier alpha value is -2.55.